The van der Waals surface area contributed by atoms with E-state index in [-0.39, 0.29) is 6.10 Å². The fourth-order valence-corrected chi connectivity index (χ4v) is 0.932. The van der Waals surface area contributed by atoms with Crippen molar-refractivity contribution in [1.29, 1.82) is 0 Å². The van der Waals surface area contributed by atoms with Crippen LogP contribution >= 0.6 is 0 Å². The van der Waals surface area contributed by atoms with Gasteiger partial charge >= 0.3 is 0 Å². The minimum absolute atomic E-state index is 0.139. The van der Waals surface area contributed by atoms with Crippen LogP contribution in [0.4, 0.5) is 0 Å². The number of methoxy groups -OCH3 is 1. The van der Waals surface area contributed by atoms with Crippen molar-refractivity contribution in [3.05, 3.63) is 18.2 Å². The van der Waals surface area contributed by atoms with Crippen molar-refractivity contribution in [3.63, 3.8) is 0 Å². The highest BCUT2D eigenvalue weighted by Crippen LogP contribution is 2.06. The number of aromatic nitrogens is 2. The number of ether oxygens (including phenoxy) is 1. The summed E-state index contributed by atoms with van der Waals surface area (Å²) in [6.45, 7) is 2.01. The lowest BCUT2D eigenvalue weighted by atomic mass is 10.4. The first-order chi connectivity index (χ1) is 4.75. The molecule has 1 heterocycles. The molecule has 0 radical (unpaired) electrons. The maximum atomic E-state index is 5.12. The molecule has 0 aliphatic rings. The number of hydrogen-bond acceptors (Lipinski definition) is 1. The van der Waals surface area contributed by atoms with Gasteiger partial charge in [-0.1, -0.05) is 0 Å². The van der Waals surface area contributed by atoms with Gasteiger partial charge in [0, 0.05) is 7.11 Å². The van der Waals surface area contributed by atoms with Crippen LogP contribution in [-0.2, 0) is 11.8 Å². The molecule has 1 aromatic heterocycles. The number of H-pyrrole nitrogens is 1. The van der Waals surface area contributed by atoms with E-state index in [2.05, 4.69) is 4.98 Å². The fraction of sp³-hybridized carbons (Fsp3) is 0.571. The van der Waals surface area contributed by atoms with Crippen LogP contribution in [0.5, 0.6) is 0 Å². The van der Waals surface area contributed by atoms with Gasteiger partial charge in [0.25, 0.3) is 5.82 Å². The van der Waals surface area contributed by atoms with Gasteiger partial charge in [0.1, 0.15) is 12.4 Å². The van der Waals surface area contributed by atoms with Crippen molar-refractivity contribution in [2.45, 2.75) is 13.0 Å². The van der Waals surface area contributed by atoms with Crippen molar-refractivity contribution in [3.8, 4) is 0 Å². The van der Waals surface area contributed by atoms with Gasteiger partial charge in [-0.2, -0.15) is 0 Å². The SMILES string of the molecule is COC(C)c1[nH]cc[n+]1C. The molecule has 0 fully saturated rings. The lowest BCUT2D eigenvalue weighted by molar-refractivity contribution is -0.681. The summed E-state index contributed by atoms with van der Waals surface area (Å²) in [5.74, 6) is 1.09. The molecule has 1 N–H and O–H groups in total. The third kappa shape index (κ3) is 1.19. The summed E-state index contributed by atoms with van der Waals surface area (Å²) in [6.07, 6.45) is 4.00. The second-order valence-electron chi connectivity index (χ2n) is 2.33. The van der Waals surface area contributed by atoms with E-state index in [0.717, 1.165) is 5.82 Å². The molecule has 3 nitrogen and oxygen atoms in total. The highest BCUT2D eigenvalue weighted by Gasteiger charge is 2.14. The molecular formula is C7H13N2O+. The summed E-state index contributed by atoms with van der Waals surface area (Å²) in [5.41, 5.74) is 0. The molecule has 0 aliphatic carbocycles. The summed E-state index contributed by atoms with van der Waals surface area (Å²) >= 11 is 0. The van der Waals surface area contributed by atoms with Crippen LogP contribution in [0.3, 0.4) is 0 Å². The summed E-state index contributed by atoms with van der Waals surface area (Å²) < 4.78 is 7.13. The van der Waals surface area contributed by atoms with E-state index in [9.17, 15) is 0 Å². The predicted octanol–water partition coefficient (Wildman–Crippen LogP) is 0.547. The Balaban J connectivity index is 2.82. The number of imidazole rings is 1. The smallest absolute Gasteiger partial charge is 0.283 e. The molecule has 1 unspecified atom stereocenters. The maximum Gasteiger partial charge on any atom is 0.283 e. The van der Waals surface area contributed by atoms with Crippen LogP contribution in [0.15, 0.2) is 12.4 Å². The fourth-order valence-electron chi connectivity index (χ4n) is 0.932. The Hall–Kier alpha value is -0.830. The van der Waals surface area contributed by atoms with E-state index >= 15 is 0 Å². The first-order valence-corrected chi connectivity index (χ1v) is 3.31. The molecule has 56 valence electrons. The molecule has 0 amide bonds. The van der Waals surface area contributed by atoms with Gasteiger partial charge in [0.15, 0.2) is 6.10 Å². The van der Waals surface area contributed by atoms with Crippen molar-refractivity contribution < 1.29 is 9.30 Å². The summed E-state index contributed by atoms with van der Waals surface area (Å²) in [5, 5.41) is 0. The summed E-state index contributed by atoms with van der Waals surface area (Å²) in [6, 6.07) is 0. The number of hydrogen-bond donors (Lipinski definition) is 1. The van der Waals surface area contributed by atoms with E-state index in [1.54, 1.807) is 7.11 Å². The first kappa shape index (κ1) is 7.28. The molecular weight excluding hydrogens is 128 g/mol. The van der Waals surface area contributed by atoms with E-state index in [4.69, 9.17) is 4.74 Å². The van der Waals surface area contributed by atoms with E-state index in [1.807, 2.05) is 30.9 Å². The summed E-state index contributed by atoms with van der Waals surface area (Å²) in [4.78, 5) is 3.09. The number of rotatable bonds is 2. The predicted molar refractivity (Wildman–Crippen MR) is 37.4 cm³/mol. The van der Waals surface area contributed by atoms with E-state index in [0.29, 0.717) is 0 Å². The topological polar surface area (TPSA) is 28.9 Å². The zero-order chi connectivity index (χ0) is 7.56. The highest BCUT2D eigenvalue weighted by atomic mass is 16.5. The van der Waals surface area contributed by atoms with Crippen molar-refractivity contribution in [2.75, 3.05) is 7.11 Å². The van der Waals surface area contributed by atoms with Crippen LogP contribution in [0.2, 0.25) is 0 Å². The molecule has 3 heteroatoms. The third-order valence-electron chi connectivity index (χ3n) is 1.65. The second kappa shape index (κ2) is 2.84. The molecule has 0 spiro atoms. The minimum atomic E-state index is 0.139. The Bertz CT molecular complexity index is 207. The standard InChI is InChI=1S/C7H12N2O/c1-6(10-3)7-8-4-5-9(7)2/h4-6H,1-3H3/p+1. The zero-order valence-electron chi connectivity index (χ0n) is 6.59. The monoisotopic (exact) mass is 141 g/mol. The molecule has 0 saturated heterocycles. The molecule has 0 aromatic carbocycles. The molecule has 1 aromatic rings. The molecule has 10 heavy (non-hydrogen) atoms. The van der Waals surface area contributed by atoms with Crippen LogP contribution in [0.1, 0.15) is 18.9 Å². The minimum Gasteiger partial charge on any atom is -0.369 e. The van der Waals surface area contributed by atoms with Crippen LogP contribution in [-0.4, -0.2) is 12.1 Å². The van der Waals surface area contributed by atoms with Crippen LogP contribution in [0.25, 0.3) is 0 Å². The van der Waals surface area contributed by atoms with Gasteiger partial charge in [-0.05, 0) is 6.92 Å². The maximum absolute atomic E-state index is 5.12. The Morgan fingerprint density at radius 2 is 2.40 bits per heavy atom. The summed E-state index contributed by atoms with van der Waals surface area (Å²) in [7, 11) is 3.69. The van der Waals surface area contributed by atoms with Gasteiger partial charge in [-0.15, -0.1) is 0 Å². The lowest BCUT2D eigenvalue weighted by Crippen LogP contribution is -2.32. The average Bonchev–Trinajstić information content (AvgIpc) is 2.34. The Kier molecular flexibility index (Phi) is 2.06. The van der Waals surface area contributed by atoms with Crippen molar-refractivity contribution in [1.82, 2.24) is 4.98 Å². The zero-order valence-corrected chi connectivity index (χ0v) is 6.59. The molecule has 0 bridgehead atoms. The molecule has 0 saturated carbocycles. The highest BCUT2D eigenvalue weighted by molar-refractivity contribution is 4.80. The normalized spacial score (nSPS) is 13.5. The van der Waals surface area contributed by atoms with Crippen molar-refractivity contribution in [2.24, 2.45) is 7.05 Å². The number of nitrogens with one attached hydrogen (secondary N) is 1. The Morgan fingerprint density at radius 1 is 1.70 bits per heavy atom. The number of nitrogens with zero attached hydrogens (tertiary/aromatic N) is 1. The number of aromatic amines is 1. The molecule has 0 aliphatic heterocycles. The van der Waals surface area contributed by atoms with Gasteiger partial charge in [0.05, 0.1) is 7.05 Å². The van der Waals surface area contributed by atoms with Gasteiger partial charge in [-0.3, -0.25) is 0 Å². The quantitative estimate of drug-likeness (QED) is 0.598. The van der Waals surface area contributed by atoms with Crippen LogP contribution < -0.4 is 4.57 Å². The van der Waals surface area contributed by atoms with Gasteiger partial charge < -0.3 is 4.74 Å². The largest absolute Gasteiger partial charge is 0.369 e. The molecule has 1 rings (SSSR count). The Labute approximate surface area is 60.6 Å². The number of aryl methyl sites for hydroxylation is 1. The lowest BCUT2D eigenvalue weighted by Gasteiger charge is -2.01. The Morgan fingerprint density at radius 3 is 2.80 bits per heavy atom. The van der Waals surface area contributed by atoms with E-state index < -0.39 is 0 Å². The average molecular weight is 141 g/mol. The van der Waals surface area contributed by atoms with Gasteiger partial charge in [-0.25, -0.2) is 9.55 Å². The van der Waals surface area contributed by atoms with Crippen LogP contribution in [0, 0.1) is 0 Å². The van der Waals surface area contributed by atoms with E-state index in [1.165, 1.54) is 0 Å². The van der Waals surface area contributed by atoms with Gasteiger partial charge in [0.2, 0.25) is 0 Å². The second-order valence-corrected chi connectivity index (χ2v) is 2.33. The molecule has 1 atom stereocenters. The first-order valence-electron chi connectivity index (χ1n) is 3.31. The van der Waals surface area contributed by atoms with Crippen molar-refractivity contribution >= 4 is 0 Å². The third-order valence-corrected chi connectivity index (χ3v) is 1.65.